The molecule has 9 heteroatoms. The highest BCUT2D eigenvalue weighted by Gasteiger charge is 2.11. The summed E-state index contributed by atoms with van der Waals surface area (Å²) in [7, 11) is 0. The van der Waals surface area contributed by atoms with E-state index in [-0.39, 0.29) is 17.2 Å². The molecule has 0 aliphatic rings. The number of anilines is 1. The minimum atomic E-state index is -1.01. The molecule has 0 saturated carbocycles. The lowest BCUT2D eigenvalue weighted by atomic mass is 10.2. The van der Waals surface area contributed by atoms with Gasteiger partial charge in [-0.3, -0.25) is 4.79 Å². The Bertz CT molecular complexity index is 1190. The third-order valence-corrected chi connectivity index (χ3v) is 6.05. The number of fused-ring (bicyclic) bond motifs is 1. The van der Waals surface area contributed by atoms with Crippen LogP contribution in [0.2, 0.25) is 0 Å². The van der Waals surface area contributed by atoms with E-state index in [1.165, 1.54) is 35.2 Å². The van der Waals surface area contributed by atoms with E-state index in [0.717, 1.165) is 16.6 Å². The summed E-state index contributed by atoms with van der Waals surface area (Å²) in [6.45, 7) is 0. The summed E-state index contributed by atoms with van der Waals surface area (Å²) >= 11 is 2.67. The van der Waals surface area contributed by atoms with Crippen LogP contribution >= 0.6 is 23.1 Å². The Morgan fingerprint density at radius 3 is 2.59 bits per heavy atom. The minimum absolute atomic E-state index is 0.167. The maximum Gasteiger partial charge on any atom is 0.335 e. The third-order valence-electron chi connectivity index (χ3n) is 3.97. The minimum Gasteiger partial charge on any atom is -0.478 e. The number of carbonyl (C=O) groups is 2. The largest absolute Gasteiger partial charge is 0.478 e. The van der Waals surface area contributed by atoms with Gasteiger partial charge < -0.3 is 10.4 Å². The van der Waals surface area contributed by atoms with Crippen molar-refractivity contribution in [1.29, 1.82) is 0 Å². The molecule has 0 saturated heterocycles. The number of nitrogens with one attached hydrogen (secondary N) is 1. The van der Waals surface area contributed by atoms with E-state index < -0.39 is 5.97 Å². The Morgan fingerprint density at radius 2 is 1.79 bits per heavy atom. The number of carbonyl (C=O) groups excluding carboxylic acids is 1. The monoisotopic (exact) mass is 422 g/mol. The number of pyridine rings is 1. The quantitative estimate of drug-likeness (QED) is 0.449. The highest BCUT2D eigenvalue weighted by Crippen LogP contribution is 2.29. The molecule has 0 fully saturated rings. The zero-order chi connectivity index (χ0) is 20.2. The van der Waals surface area contributed by atoms with Crippen LogP contribution < -0.4 is 5.32 Å². The lowest BCUT2D eigenvalue weighted by Gasteiger charge is -2.04. The van der Waals surface area contributed by atoms with Gasteiger partial charge >= 0.3 is 5.97 Å². The predicted octanol–water partition coefficient (Wildman–Crippen LogP) is 4.18. The summed E-state index contributed by atoms with van der Waals surface area (Å²) in [5.74, 6) is -1.05. The Labute approximate surface area is 173 Å². The Balaban J connectivity index is 1.37. The first kappa shape index (κ1) is 19.0. The van der Waals surface area contributed by atoms with E-state index in [0.29, 0.717) is 15.0 Å². The number of para-hydroxylation sites is 1. The summed E-state index contributed by atoms with van der Waals surface area (Å²) in [6.07, 6.45) is 0. The summed E-state index contributed by atoms with van der Waals surface area (Å²) in [4.78, 5) is 27.6. The third kappa shape index (κ3) is 4.58. The lowest BCUT2D eigenvalue weighted by molar-refractivity contribution is -0.113. The maximum atomic E-state index is 12.1. The van der Waals surface area contributed by atoms with E-state index in [2.05, 4.69) is 20.5 Å². The zero-order valence-electron chi connectivity index (χ0n) is 14.9. The first-order valence-corrected chi connectivity index (χ1v) is 10.3. The van der Waals surface area contributed by atoms with E-state index in [1.54, 1.807) is 12.1 Å². The van der Waals surface area contributed by atoms with Crippen LogP contribution in [0.1, 0.15) is 10.4 Å². The first-order chi connectivity index (χ1) is 14.1. The molecule has 0 unspecified atom stereocenters. The fraction of sp³-hybridized carbons (Fsp3) is 0.0500. The number of aromatic carboxylic acids is 1. The number of aromatic nitrogens is 3. The van der Waals surface area contributed by atoms with Crippen LogP contribution in [-0.4, -0.2) is 37.9 Å². The van der Waals surface area contributed by atoms with Gasteiger partial charge in [0, 0.05) is 11.1 Å². The molecular formula is C20H14N4O3S2. The number of thioether (sulfide) groups is 1. The van der Waals surface area contributed by atoms with Crippen molar-refractivity contribution in [1.82, 2.24) is 15.2 Å². The number of hydrogen-bond acceptors (Lipinski definition) is 7. The van der Waals surface area contributed by atoms with Crippen LogP contribution in [0.5, 0.6) is 0 Å². The molecule has 4 aromatic rings. The van der Waals surface area contributed by atoms with Crippen molar-refractivity contribution in [2.24, 2.45) is 0 Å². The Kier molecular flexibility index (Phi) is 5.50. The molecule has 2 heterocycles. The van der Waals surface area contributed by atoms with Crippen molar-refractivity contribution in [2.45, 2.75) is 4.34 Å². The summed E-state index contributed by atoms with van der Waals surface area (Å²) in [5.41, 5.74) is 2.35. The number of carboxylic acid groups (broad SMARTS) is 1. The van der Waals surface area contributed by atoms with E-state index in [4.69, 9.17) is 5.11 Å². The number of rotatable bonds is 6. The highest BCUT2D eigenvalue weighted by molar-refractivity contribution is 8.01. The molecule has 29 heavy (non-hydrogen) atoms. The number of hydrogen-bond donors (Lipinski definition) is 2. The van der Waals surface area contributed by atoms with Crippen LogP contribution in [0.15, 0.2) is 65.0 Å². The van der Waals surface area contributed by atoms with Gasteiger partial charge in [-0.25, -0.2) is 9.78 Å². The molecule has 7 nitrogen and oxygen atoms in total. The van der Waals surface area contributed by atoms with Gasteiger partial charge in [-0.05, 0) is 36.4 Å². The van der Waals surface area contributed by atoms with Gasteiger partial charge in [-0.15, -0.1) is 10.2 Å². The average Bonchev–Trinajstić information content (AvgIpc) is 3.21. The molecule has 2 aromatic carbocycles. The zero-order valence-corrected chi connectivity index (χ0v) is 16.5. The van der Waals surface area contributed by atoms with Gasteiger partial charge in [0.25, 0.3) is 0 Å². The lowest BCUT2D eigenvalue weighted by Crippen LogP contribution is -2.14. The van der Waals surface area contributed by atoms with E-state index >= 15 is 0 Å². The average molecular weight is 422 g/mol. The second-order valence-electron chi connectivity index (χ2n) is 5.98. The fourth-order valence-electron chi connectivity index (χ4n) is 2.58. The summed E-state index contributed by atoms with van der Waals surface area (Å²) in [5, 5.41) is 21.7. The molecule has 0 spiro atoms. The summed E-state index contributed by atoms with van der Waals surface area (Å²) < 4.78 is 0.673. The molecule has 4 rings (SSSR count). The van der Waals surface area contributed by atoms with Crippen LogP contribution in [0.25, 0.3) is 21.6 Å². The molecule has 0 radical (unpaired) electrons. The molecule has 0 aliphatic carbocycles. The van der Waals surface area contributed by atoms with Gasteiger partial charge in [-0.2, -0.15) is 0 Å². The van der Waals surface area contributed by atoms with Crippen molar-refractivity contribution in [3.63, 3.8) is 0 Å². The molecule has 0 atom stereocenters. The van der Waals surface area contributed by atoms with Crippen molar-refractivity contribution < 1.29 is 14.7 Å². The van der Waals surface area contributed by atoms with Gasteiger partial charge in [0.1, 0.15) is 5.69 Å². The molecule has 1 amide bonds. The van der Waals surface area contributed by atoms with Crippen LogP contribution in [0.4, 0.5) is 5.69 Å². The SMILES string of the molecule is O=C(CSc1nnc(-c2ccc3ccccc3n2)s1)Nc1ccc(C(=O)O)cc1. The van der Waals surface area contributed by atoms with Crippen molar-refractivity contribution in [3.8, 4) is 10.7 Å². The fourth-order valence-corrected chi connectivity index (χ4v) is 4.20. The predicted molar refractivity (Wildman–Crippen MR) is 113 cm³/mol. The Morgan fingerprint density at radius 1 is 1.00 bits per heavy atom. The molecule has 0 aliphatic heterocycles. The smallest absolute Gasteiger partial charge is 0.335 e. The molecule has 144 valence electrons. The first-order valence-electron chi connectivity index (χ1n) is 8.54. The summed E-state index contributed by atoms with van der Waals surface area (Å²) in [6, 6.07) is 17.8. The van der Waals surface area contributed by atoms with Crippen LogP contribution in [0, 0.1) is 0 Å². The topological polar surface area (TPSA) is 105 Å². The number of amides is 1. The number of nitrogens with zero attached hydrogens (tertiary/aromatic N) is 3. The van der Waals surface area contributed by atoms with Crippen molar-refractivity contribution in [2.75, 3.05) is 11.1 Å². The second kappa shape index (κ2) is 8.38. The molecular weight excluding hydrogens is 408 g/mol. The highest BCUT2D eigenvalue weighted by atomic mass is 32.2. The van der Waals surface area contributed by atoms with Crippen LogP contribution in [0.3, 0.4) is 0 Å². The van der Waals surface area contributed by atoms with E-state index in [1.807, 2.05) is 36.4 Å². The van der Waals surface area contributed by atoms with Gasteiger partial charge in [0.2, 0.25) is 5.91 Å². The van der Waals surface area contributed by atoms with Crippen molar-refractivity contribution >= 4 is 51.6 Å². The second-order valence-corrected chi connectivity index (χ2v) is 8.18. The maximum absolute atomic E-state index is 12.1. The van der Waals surface area contributed by atoms with Gasteiger partial charge in [0.05, 0.1) is 16.8 Å². The molecule has 2 N–H and O–H groups in total. The van der Waals surface area contributed by atoms with Gasteiger partial charge in [-0.1, -0.05) is 47.4 Å². The standard InChI is InChI=1S/C20H14N4O3S2/c25-17(21-14-8-5-13(6-9-14)19(26)27)11-28-20-24-23-18(29-20)16-10-7-12-3-1-2-4-15(12)22-16/h1-10H,11H2,(H,21,25)(H,26,27). The van der Waals surface area contributed by atoms with Crippen LogP contribution in [-0.2, 0) is 4.79 Å². The Hall–Kier alpha value is -3.30. The number of benzene rings is 2. The van der Waals surface area contributed by atoms with E-state index in [9.17, 15) is 9.59 Å². The normalized spacial score (nSPS) is 10.8. The van der Waals surface area contributed by atoms with Crippen molar-refractivity contribution in [3.05, 3.63) is 66.2 Å². The van der Waals surface area contributed by atoms with Gasteiger partial charge in [0.15, 0.2) is 9.35 Å². The molecule has 0 bridgehead atoms. The molecule has 2 aromatic heterocycles. The number of carboxylic acids is 1.